The topological polar surface area (TPSA) is 41.1 Å². The Hall–Kier alpha value is -1.01. The third-order valence-corrected chi connectivity index (χ3v) is 2.90. The summed E-state index contributed by atoms with van der Waals surface area (Å²) in [6.07, 6.45) is 7.92. The minimum Gasteiger partial charge on any atom is -0.356 e. The Kier molecular flexibility index (Phi) is 5.20. The van der Waals surface area contributed by atoms with Gasteiger partial charge in [0.15, 0.2) is 0 Å². The molecule has 1 aliphatic heterocycles. The van der Waals surface area contributed by atoms with E-state index in [1.807, 2.05) is 0 Å². The molecule has 2 atom stereocenters. The molecule has 0 saturated carbocycles. The van der Waals surface area contributed by atoms with E-state index in [2.05, 4.69) is 23.5 Å². The first kappa shape index (κ1) is 12.1. The standard InChI is InChI=1S/C12H20N2O/c1-3-4-5-6-7-14-12(15)11-9-13-8-10(11)2/h1,10-11,13H,4-9H2,2H3,(H,14,15)/t10-,11-/m1/s1. The van der Waals surface area contributed by atoms with E-state index in [0.29, 0.717) is 5.92 Å². The van der Waals surface area contributed by atoms with Crippen molar-refractivity contribution in [2.45, 2.75) is 26.2 Å². The number of hydrogen-bond donors (Lipinski definition) is 2. The molecule has 0 radical (unpaired) electrons. The molecule has 1 amide bonds. The molecule has 0 spiro atoms. The van der Waals surface area contributed by atoms with E-state index in [1.54, 1.807) is 0 Å². The van der Waals surface area contributed by atoms with E-state index in [0.717, 1.165) is 38.9 Å². The van der Waals surface area contributed by atoms with Crippen LogP contribution in [-0.2, 0) is 4.79 Å². The molecule has 84 valence electrons. The Labute approximate surface area is 92.0 Å². The Balaban J connectivity index is 2.11. The lowest BCUT2D eigenvalue weighted by Crippen LogP contribution is -2.34. The normalized spacial score (nSPS) is 24.8. The van der Waals surface area contributed by atoms with Crippen molar-refractivity contribution < 1.29 is 4.79 Å². The van der Waals surface area contributed by atoms with Gasteiger partial charge in [-0.2, -0.15) is 0 Å². The molecule has 0 aromatic heterocycles. The summed E-state index contributed by atoms with van der Waals surface area (Å²) < 4.78 is 0. The summed E-state index contributed by atoms with van der Waals surface area (Å²) in [6, 6.07) is 0. The maximum Gasteiger partial charge on any atom is 0.224 e. The molecule has 0 bridgehead atoms. The molecular weight excluding hydrogens is 188 g/mol. The second-order valence-corrected chi connectivity index (χ2v) is 4.19. The Morgan fingerprint density at radius 1 is 1.53 bits per heavy atom. The predicted octanol–water partition coefficient (Wildman–Crippen LogP) is 0.762. The van der Waals surface area contributed by atoms with Crippen molar-refractivity contribution in [3.05, 3.63) is 0 Å². The van der Waals surface area contributed by atoms with Crippen molar-refractivity contribution in [1.82, 2.24) is 10.6 Å². The van der Waals surface area contributed by atoms with Crippen LogP contribution in [0.5, 0.6) is 0 Å². The number of terminal acetylenes is 1. The second kappa shape index (κ2) is 6.47. The third kappa shape index (κ3) is 3.93. The highest BCUT2D eigenvalue weighted by atomic mass is 16.1. The van der Waals surface area contributed by atoms with Crippen molar-refractivity contribution in [1.29, 1.82) is 0 Å². The molecule has 0 aromatic carbocycles. The van der Waals surface area contributed by atoms with Gasteiger partial charge in [-0.25, -0.2) is 0 Å². The zero-order chi connectivity index (χ0) is 11.1. The lowest BCUT2D eigenvalue weighted by molar-refractivity contribution is -0.125. The Bertz CT molecular complexity index is 244. The van der Waals surface area contributed by atoms with Crippen molar-refractivity contribution in [3.8, 4) is 12.3 Å². The van der Waals surface area contributed by atoms with Crippen LogP contribution < -0.4 is 10.6 Å². The largest absolute Gasteiger partial charge is 0.356 e. The van der Waals surface area contributed by atoms with Crippen LogP contribution in [0.15, 0.2) is 0 Å². The third-order valence-electron chi connectivity index (χ3n) is 2.90. The van der Waals surface area contributed by atoms with Gasteiger partial charge in [0.25, 0.3) is 0 Å². The maximum atomic E-state index is 11.7. The fraction of sp³-hybridized carbons (Fsp3) is 0.750. The summed E-state index contributed by atoms with van der Waals surface area (Å²) in [5, 5.41) is 6.19. The van der Waals surface area contributed by atoms with Crippen molar-refractivity contribution in [2.24, 2.45) is 11.8 Å². The van der Waals surface area contributed by atoms with Gasteiger partial charge in [-0.05, 0) is 25.3 Å². The number of carbonyl (C=O) groups excluding carboxylic acids is 1. The number of rotatable bonds is 5. The number of amides is 1. The van der Waals surface area contributed by atoms with E-state index >= 15 is 0 Å². The van der Waals surface area contributed by atoms with Crippen LogP contribution in [-0.4, -0.2) is 25.5 Å². The zero-order valence-electron chi connectivity index (χ0n) is 9.38. The SMILES string of the molecule is C#CCCCCNC(=O)[C@@H]1CNC[C@H]1C. The summed E-state index contributed by atoms with van der Waals surface area (Å²) in [5.74, 6) is 3.39. The molecular formula is C12H20N2O. The summed E-state index contributed by atoms with van der Waals surface area (Å²) in [7, 11) is 0. The maximum absolute atomic E-state index is 11.7. The molecule has 0 aliphatic carbocycles. The highest BCUT2D eigenvalue weighted by molar-refractivity contribution is 5.79. The molecule has 0 aromatic rings. The van der Waals surface area contributed by atoms with Crippen LogP contribution in [0.3, 0.4) is 0 Å². The molecule has 1 fully saturated rings. The summed E-state index contributed by atoms with van der Waals surface area (Å²) in [6.45, 7) is 4.64. The van der Waals surface area contributed by atoms with Gasteiger partial charge in [0.05, 0.1) is 5.92 Å². The summed E-state index contributed by atoms with van der Waals surface area (Å²) in [4.78, 5) is 11.7. The van der Waals surface area contributed by atoms with E-state index in [9.17, 15) is 4.79 Å². The highest BCUT2D eigenvalue weighted by Crippen LogP contribution is 2.15. The minimum atomic E-state index is 0.151. The van der Waals surface area contributed by atoms with Gasteiger partial charge < -0.3 is 10.6 Å². The fourth-order valence-corrected chi connectivity index (χ4v) is 1.86. The molecule has 3 heteroatoms. The number of carbonyl (C=O) groups is 1. The number of hydrogen-bond acceptors (Lipinski definition) is 2. The number of nitrogens with one attached hydrogen (secondary N) is 2. The van der Waals surface area contributed by atoms with Gasteiger partial charge in [-0.3, -0.25) is 4.79 Å². The van der Waals surface area contributed by atoms with Crippen LogP contribution >= 0.6 is 0 Å². The van der Waals surface area contributed by atoms with Crippen LogP contribution in [0.1, 0.15) is 26.2 Å². The molecule has 2 N–H and O–H groups in total. The summed E-state index contributed by atoms with van der Waals surface area (Å²) in [5.41, 5.74) is 0. The van der Waals surface area contributed by atoms with Crippen LogP contribution in [0.2, 0.25) is 0 Å². The first-order chi connectivity index (χ1) is 7.25. The van der Waals surface area contributed by atoms with E-state index < -0.39 is 0 Å². The molecule has 1 aliphatic rings. The Morgan fingerprint density at radius 2 is 2.33 bits per heavy atom. The molecule has 3 nitrogen and oxygen atoms in total. The number of unbranched alkanes of at least 4 members (excludes halogenated alkanes) is 2. The van der Waals surface area contributed by atoms with E-state index in [4.69, 9.17) is 6.42 Å². The first-order valence-corrected chi connectivity index (χ1v) is 5.67. The van der Waals surface area contributed by atoms with Crippen molar-refractivity contribution >= 4 is 5.91 Å². The van der Waals surface area contributed by atoms with E-state index in [-0.39, 0.29) is 11.8 Å². The summed E-state index contributed by atoms with van der Waals surface area (Å²) >= 11 is 0. The molecule has 15 heavy (non-hydrogen) atoms. The Morgan fingerprint density at radius 3 is 2.93 bits per heavy atom. The van der Waals surface area contributed by atoms with Gasteiger partial charge >= 0.3 is 0 Å². The van der Waals surface area contributed by atoms with Gasteiger partial charge in [0, 0.05) is 19.5 Å². The molecule has 1 heterocycles. The van der Waals surface area contributed by atoms with Crippen LogP contribution in [0, 0.1) is 24.2 Å². The average Bonchev–Trinajstić information content (AvgIpc) is 2.64. The van der Waals surface area contributed by atoms with Gasteiger partial charge in [-0.15, -0.1) is 12.3 Å². The first-order valence-electron chi connectivity index (χ1n) is 5.67. The molecule has 0 unspecified atom stereocenters. The van der Waals surface area contributed by atoms with Gasteiger partial charge in [-0.1, -0.05) is 6.92 Å². The molecule has 1 rings (SSSR count). The average molecular weight is 208 g/mol. The minimum absolute atomic E-state index is 0.151. The quantitative estimate of drug-likeness (QED) is 0.517. The highest BCUT2D eigenvalue weighted by Gasteiger charge is 2.28. The second-order valence-electron chi connectivity index (χ2n) is 4.19. The predicted molar refractivity (Wildman–Crippen MR) is 61.2 cm³/mol. The smallest absolute Gasteiger partial charge is 0.224 e. The fourth-order valence-electron chi connectivity index (χ4n) is 1.86. The van der Waals surface area contributed by atoms with Crippen LogP contribution in [0.4, 0.5) is 0 Å². The van der Waals surface area contributed by atoms with Crippen molar-refractivity contribution in [3.63, 3.8) is 0 Å². The zero-order valence-corrected chi connectivity index (χ0v) is 9.38. The monoisotopic (exact) mass is 208 g/mol. The van der Waals surface area contributed by atoms with Gasteiger partial charge in [0.2, 0.25) is 5.91 Å². The molecule has 1 saturated heterocycles. The lowest BCUT2D eigenvalue weighted by atomic mass is 9.97. The van der Waals surface area contributed by atoms with E-state index in [1.165, 1.54) is 0 Å². The lowest BCUT2D eigenvalue weighted by Gasteiger charge is -2.13. The van der Waals surface area contributed by atoms with Crippen LogP contribution in [0.25, 0.3) is 0 Å². The van der Waals surface area contributed by atoms with Gasteiger partial charge in [0.1, 0.15) is 0 Å². The van der Waals surface area contributed by atoms with Crippen molar-refractivity contribution in [2.75, 3.05) is 19.6 Å².